The highest BCUT2D eigenvalue weighted by Crippen LogP contribution is 2.32. The van der Waals surface area contributed by atoms with Gasteiger partial charge in [0, 0.05) is 18.1 Å². The molecule has 0 aliphatic carbocycles. The van der Waals surface area contributed by atoms with Crippen molar-refractivity contribution in [3.63, 3.8) is 0 Å². The number of aliphatic hydroxyl groups is 1. The molecule has 0 aliphatic rings. The number of halogens is 2. The van der Waals surface area contributed by atoms with E-state index in [1.165, 1.54) is 10.7 Å². The summed E-state index contributed by atoms with van der Waals surface area (Å²) in [6.45, 7) is 2.56. The molecule has 5 nitrogen and oxygen atoms in total. The van der Waals surface area contributed by atoms with E-state index >= 15 is 0 Å². The van der Waals surface area contributed by atoms with Crippen molar-refractivity contribution in [2.45, 2.75) is 33.0 Å². The molecule has 0 saturated heterocycles. The van der Waals surface area contributed by atoms with Gasteiger partial charge in [-0.3, -0.25) is 0 Å². The van der Waals surface area contributed by atoms with Crippen LogP contribution in [0.4, 0.5) is 8.78 Å². The van der Waals surface area contributed by atoms with Crippen molar-refractivity contribution in [1.82, 2.24) is 15.0 Å². The van der Waals surface area contributed by atoms with Gasteiger partial charge in [0.1, 0.15) is 18.1 Å². The summed E-state index contributed by atoms with van der Waals surface area (Å²) in [6, 6.07) is 11.9. The molecule has 136 valence electrons. The fourth-order valence-corrected chi connectivity index (χ4v) is 2.65. The van der Waals surface area contributed by atoms with E-state index in [1.807, 2.05) is 0 Å². The minimum Gasteiger partial charge on any atom is -0.489 e. The summed E-state index contributed by atoms with van der Waals surface area (Å²) in [5, 5.41) is 16.8. The Labute approximate surface area is 149 Å². The van der Waals surface area contributed by atoms with Gasteiger partial charge in [0.2, 0.25) is 0 Å². The maximum atomic E-state index is 13.8. The number of aryl methyl sites for hydroxylation is 1. The number of rotatable bonds is 6. The van der Waals surface area contributed by atoms with E-state index in [4.69, 9.17) is 9.84 Å². The number of ether oxygens (including phenoxy) is 1. The lowest BCUT2D eigenvalue weighted by molar-refractivity contribution is 0.0155. The molecule has 0 spiro atoms. The monoisotopic (exact) mass is 359 g/mol. The normalized spacial score (nSPS) is 11.6. The van der Waals surface area contributed by atoms with E-state index < -0.39 is 5.92 Å². The third-order valence-corrected chi connectivity index (χ3v) is 4.07. The molecule has 0 unspecified atom stereocenters. The Hall–Kier alpha value is -2.80. The summed E-state index contributed by atoms with van der Waals surface area (Å²) in [5.41, 5.74) is 2.46. The summed E-state index contributed by atoms with van der Waals surface area (Å²) in [5.74, 6) is -2.36. The molecule has 1 heterocycles. The average Bonchev–Trinajstić information content (AvgIpc) is 3.09. The smallest absolute Gasteiger partial charge is 0.270 e. The van der Waals surface area contributed by atoms with Crippen LogP contribution in [0.2, 0.25) is 0 Å². The summed E-state index contributed by atoms with van der Waals surface area (Å²) in [6.07, 6.45) is 1.62. The highest BCUT2D eigenvalue weighted by Gasteiger charge is 2.28. The first-order valence-electron chi connectivity index (χ1n) is 8.10. The van der Waals surface area contributed by atoms with Crippen LogP contribution < -0.4 is 4.74 Å². The second-order valence-corrected chi connectivity index (χ2v) is 6.08. The number of benzene rings is 2. The van der Waals surface area contributed by atoms with Crippen molar-refractivity contribution in [3.05, 3.63) is 71.0 Å². The van der Waals surface area contributed by atoms with E-state index in [0.717, 1.165) is 18.2 Å². The van der Waals surface area contributed by atoms with Crippen LogP contribution in [-0.2, 0) is 19.1 Å². The molecule has 1 N–H and O–H groups in total. The Bertz CT molecular complexity index is 887. The zero-order valence-corrected chi connectivity index (χ0v) is 14.5. The maximum Gasteiger partial charge on any atom is 0.270 e. The molecule has 2 aromatic carbocycles. The van der Waals surface area contributed by atoms with Crippen LogP contribution in [0, 0.1) is 6.92 Å². The van der Waals surface area contributed by atoms with Gasteiger partial charge in [-0.05, 0) is 36.8 Å². The molecule has 26 heavy (non-hydrogen) atoms. The third-order valence-electron chi connectivity index (χ3n) is 4.07. The molecule has 3 rings (SSSR count). The Morgan fingerprint density at radius 3 is 2.50 bits per heavy atom. The van der Waals surface area contributed by atoms with Crippen LogP contribution in [0.25, 0.3) is 5.69 Å². The van der Waals surface area contributed by atoms with Crippen LogP contribution in [0.5, 0.6) is 5.75 Å². The largest absolute Gasteiger partial charge is 0.489 e. The number of hydrogen-bond acceptors (Lipinski definition) is 4. The summed E-state index contributed by atoms with van der Waals surface area (Å²) in [4.78, 5) is 0. The summed E-state index contributed by atoms with van der Waals surface area (Å²) >= 11 is 0. The standard InChI is InChI=1S/C19H19F2N3O2/c1-13-4-3-5-18(19(2,20)21)17(13)12-26-16-8-6-15(7-9-16)24-10-14(11-25)22-23-24/h3-10,25H,11-12H2,1-2H3. The number of hydrogen-bond donors (Lipinski definition) is 1. The molecule has 0 radical (unpaired) electrons. The van der Waals surface area contributed by atoms with Crippen molar-refractivity contribution in [2.24, 2.45) is 0 Å². The molecule has 0 bridgehead atoms. The molecule has 0 aliphatic heterocycles. The maximum absolute atomic E-state index is 13.8. The van der Waals surface area contributed by atoms with E-state index in [0.29, 0.717) is 17.0 Å². The quantitative estimate of drug-likeness (QED) is 0.728. The Balaban J connectivity index is 1.75. The zero-order chi connectivity index (χ0) is 18.7. The number of aliphatic hydroxyl groups excluding tert-OH is 1. The second kappa shape index (κ2) is 7.21. The van der Waals surface area contributed by atoms with Gasteiger partial charge in [-0.2, -0.15) is 0 Å². The van der Waals surface area contributed by atoms with E-state index in [-0.39, 0.29) is 18.8 Å². The van der Waals surface area contributed by atoms with Crippen molar-refractivity contribution >= 4 is 0 Å². The van der Waals surface area contributed by atoms with Crippen LogP contribution >= 0.6 is 0 Å². The fourth-order valence-electron chi connectivity index (χ4n) is 2.65. The molecular weight excluding hydrogens is 340 g/mol. The van der Waals surface area contributed by atoms with Gasteiger partial charge in [0.25, 0.3) is 5.92 Å². The predicted octanol–water partition coefficient (Wildman–Crippen LogP) is 3.76. The molecule has 0 amide bonds. The lowest BCUT2D eigenvalue weighted by Crippen LogP contribution is -2.13. The van der Waals surface area contributed by atoms with Gasteiger partial charge in [-0.25, -0.2) is 13.5 Å². The molecule has 3 aromatic rings. The van der Waals surface area contributed by atoms with E-state index in [1.54, 1.807) is 49.5 Å². The minimum absolute atomic E-state index is 0.0201. The van der Waals surface area contributed by atoms with Gasteiger partial charge in [-0.15, -0.1) is 5.10 Å². The Kier molecular flexibility index (Phi) is 4.99. The molecule has 0 fully saturated rings. The van der Waals surface area contributed by atoms with Crippen LogP contribution in [0.3, 0.4) is 0 Å². The first-order valence-corrected chi connectivity index (χ1v) is 8.10. The molecule has 0 saturated carbocycles. The lowest BCUT2D eigenvalue weighted by atomic mass is 9.98. The zero-order valence-electron chi connectivity index (χ0n) is 14.5. The summed E-state index contributed by atoms with van der Waals surface area (Å²) < 4.78 is 34.8. The van der Waals surface area contributed by atoms with Crippen molar-refractivity contribution in [2.75, 3.05) is 0 Å². The van der Waals surface area contributed by atoms with Crippen LogP contribution in [-0.4, -0.2) is 20.1 Å². The van der Waals surface area contributed by atoms with Crippen molar-refractivity contribution in [3.8, 4) is 11.4 Å². The highest BCUT2D eigenvalue weighted by atomic mass is 19.3. The first kappa shape index (κ1) is 18.0. The topological polar surface area (TPSA) is 60.2 Å². The van der Waals surface area contributed by atoms with Crippen molar-refractivity contribution < 1.29 is 18.6 Å². The second-order valence-electron chi connectivity index (χ2n) is 6.08. The molecule has 0 atom stereocenters. The van der Waals surface area contributed by atoms with E-state index in [2.05, 4.69) is 10.3 Å². The van der Waals surface area contributed by atoms with Gasteiger partial charge in [0.05, 0.1) is 18.5 Å². The van der Waals surface area contributed by atoms with Crippen LogP contribution in [0.1, 0.15) is 29.3 Å². The summed E-state index contributed by atoms with van der Waals surface area (Å²) in [7, 11) is 0. The Morgan fingerprint density at radius 2 is 1.88 bits per heavy atom. The number of nitrogens with zero attached hydrogens (tertiary/aromatic N) is 3. The SMILES string of the molecule is Cc1cccc(C(C)(F)F)c1COc1ccc(-n2cc(CO)nn2)cc1. The van der Waals surface area contributed by atoms with Gasteiger partial charge < -0.3 is 9.84 Å². The number of alkyl halides is 2. The molecule has 1 aromatic heterocycles. The lowest BCUT2D eigenvalue weighted by Gasteiger charge is -2.18. The number of aromatic nitrogens is 3. The molecular formula is C19H19F2N3O2. The first-order chi connectivity index (χ1) is 12.4. The fraction of sp³-hybridized carbons (Fsp3) is 0.263. The average molecular weight is 359 g/mol. The van der Waals surface area contributed by atoms with Gasteiger partial charge in [-0.1, -0.05) is 23.4 Å². The third kappa shape index (κ3) is 3.88. The highest BCUT2D eigenvalue weighted by molar-refractivity contribution is 5.39. The van der Waals surface area contributed by atoms with Crippen LogP contribution in [0.15, 0.2) is 48.7 Å². The van der Waals surface area contributed by atoms with Gasteiger partial charge >= 0.3 is 0 Å². The minimum atomic E-state index is -2.92. The van der Waals surface area contributed by atoms with Gasteiger partial charge in [0.15, 0.2) is 0 Å². The molecule has 7 heteroatoms. The van der Waals surface area contributed by atoms with E-state index in [9.17, 15) is 8.78 Å². The Morgan fingerprint density at radius 1 is 1.15 bits per heavy atom. The van der Waals surface area contributed by atoms with Crippen molar-refractivity contribution in [1.29, 1.82) is 0 Å². The predicted molar refractivity (Wildman–Crippen MR) is 92.4 cm³/mol.